The Hall–Kier alpha value is -2.40. The molecule has 1 aromatic carbocycles. The molecule has 1 aromatic heterocycles. The summed E-state index contributed by atoms with van der Waals surface area (Å²) in [5.74, 6) is 0.0600. The van der Waals surface area contributed by atoms with Gasteiger partial charge in [0.1, 0.15) is 0 Å². The highest BCUT2D eigenvalue weighted by Crippen LogP contribution is 2.13. The van der Waals surface area contributed by atoms with Crippen molar-refractivity contribution in [3.8, 4) is 0 Å². The van der Waals surface area contributed by atoms with Crippen LogP contribution < -0.4 is 5.73 Å². The van der Waals surface area contributed by atoms with Gasteiger partial charge in [0.05, 0.1) is 5.69 Å². The number of amides is 1. The fourth-order valence-electron chi connectivity index (χ4n) is 2.68. The van der Waals surface area contributed by atoms with E-state index >= 15 is 0 Å². The van der Waals surface area contributed by atoms with Crippen molar-refractivity contribution in [2.45, 2.75) is 6.54 Å². The average Bonchev–Trinajstić information content (AvgIpc) is 2.56. The Bertz CT molecular complexity index is 636. The van der Waals surface area contributed by atoms with E-state index in [1.807, 2.05) is 41.4 Å². The molecule has 5 nitrogen and oxygen atoms in total. The number of anilines is 1. The van der Waals surface area contributed by atoms with Crippen LogP contribution in [0.4, 0.5) is 5.69 Å². The van der Waals surface area contributed by atoms with Gasteiger partial charge in [-0.05, 0) is 30.3 Å². The molecule has 0 bridgehead atoms. The monoisotopic (exact) mass is 296 g/mol. The lowest BCUT2D eigenvalue weighted by atomic mass is 10.1. The van der Waals surface area contributed by atoms with Crippen LogP contribution in [0.25, 0.3) is 0 Å². The minimum atomic E-state index is 0.0600. The molecule has 5 heteroatoms. The Kier molecular flexibility index (Phi) is 4.34. The highest BCUT2D eigenvalue weighted by molar-refractivity contribution is 5.95. The minimum Gasteiger partial charge on any atom is -0.399 e. The Morgan fingerprint density at radius 2 is 1.91 bits per heavy atom. The normalized spacial score (nSPS) is 15.7. The number of hydrogen-bond donors (Lipinski definition) is 1. The van der Waals surface area contributed by atoms with Crippen LogP contribution in [0.15, 0.2) is 48.7 Å². The first-order valence-electron chi connectivity index (χ1n) is 7.49. The van der Waals surface area contributed by atoms with Gasteiger partial charge in [-0.3, -0.25) is 14.7 Å². The summed E-state index contributed by atoms with van der Waals surface area (Å²) in [6.07, 6.45) is 1.81. The summed E-state index contributed by atoms with van der Waals surface area (Å²) >= 11 is 0. The highest BCUT2D eigenvalue weighted by atomic mass is 16.2. The van der Waals surface area contributed by atoms with E-state index in [0.29, 0.717) is 11.3 Å². The standard InChI is InChI=1S/C17H20N4O/c18-15-5-3-4-14(12-15)17(22)21-10-8-20(9-11-21)13-16-6-1-2-7-19-16/h1-7,12H,8-11,13,18H2. The van der Waals surface area contributed by atoms with Gasteiger partial charge in [0, 0.05) is 50.2 Å². The molecule has 0 atom stereocenters. The number of carbonyl (C=O) groups is 1. The zero-order valence-corrected chi connectivity index (χ0v) is 12.5. The molecule has 114 valence electrons. The topological polar surface area (TPSA) is 62.5 Å². The van der Waals surface area contributed by atoms with Gasteiger partial charge in [0.25, 0.3) is 5.91 Å². The number of hydrogen-bond acceptors (Lipinski definition) is 4. The van der Waals surface area contributed by atoms with Crippen molar-refractivity contribution >= 4 is 11.6 Å². The van der Waals surface area contributed by atoms with Gasteiger partial charge in [0.2, 0.25) is 0 Å². The average molecular weight is 296 g/mol. The van der Waals surface area contributed by atoms with Crippen LogP contribution >= 0.6 is 0 Å². The van der Waals surface area contributed by atoms with Crippen molar-refractivity contribution in [2.75, 3.05) is 31.9 Å². The van der Waals surface area contributed by atoms with Gasteiger partial charge < -0.3 is 10.6 Å². The minimum absolute atomic E-state index is 0.0600. The predicted molar refractivity (Wildman–Crippen MR) is 86.3 cm³/mol. The number of nitrogens with two attached hydrogens (primary N) is 1. The lowest BCUT2D eigenvalue weighted by Crippen LogP contribution is -2.48. The van der Waals surface area contributed by atoms with Crippen LogP contribution in [0, 0.1) is 0 Å². The van der Waals surface area contributed by atoms with E-state index in [1.165, 1.54) is 0 Å². The van der Waals surface area contributed by atoms with Gasteiger partial charge in [-0.25, -0.2) is 0 Å². The number of carbonyl (C=O) groups excluding carboxylic acids is 1. The molecule has 3 rings (SSSR count). The number of rotatable bonds is 3. The van der Waals surface area contributed by atoms with Crippen molar-refractivity contribution in [1.82, 2.24) is 14.8 Å². The maximum Gasteiger partial charge on any atom is 0.254 e. The second-order valence-electron chi connectivity index (χ2n) is 5.51. The molecular formula is C17H20N4O. The number of piperazine rings is 1. The molecule has 0 aliphatic carbocycles. The molecule has 1 aliphatic rings. The Labute approximate surface area is 130 Å². The first-order chi connectivity index (χ1) is 10.7. The van der Waals surface area contributed by atoms with Gasteiger partial charge in [-0.1, -0.05) is 12.1 Å². The SMILES string of the molecule is Nc1cccc(C(=O)N2CCN(Cc3ccccn3)CC2)c1. The van der Waals surface area contributed by atoms with E-state index in [-0.39, 0.29) is 5.91 Å². The van der Waals surface area contributed by atoms with Crippen LogP contribution in [-0.2, 0) is 6.54 Å². The maximum absolute atomic E-state index is 12.5. The van der Waals surface area contributed by atoms with E-state index in [2.05, 4.69) is 9.88 Å². The number of nitrogens with zero attached hydrogens (tertiary/aromatic N) is 3. The third-order valence-corrected chi connectivity index (χ3v) is 3.90. The molecule has 2 N–H and O–H groups in total. The Morgan fingerprint density at radius 1 is 1.09 bits per heavy atom. The zero-order valence-electron chi connectivity index (χ0n) is 12.5. The lowest BCUT2D eigenvalue weighted by molar-refractivity contribution is 0.0627. The van der Waals surface area contributed by atoms with Gasteiger partial charge in [-0.15, -0.1) is 0 Å². The van der Waals surface area contributed by atoms with Crippen molar-refractivity contribution in [3.63, 3.8) is 0 Å². The van der Waals surface area contributed by atoms with E-state index < -0.39 is 0 Å². The molecular weight excluding hydrogens is 276 g/mol. The van der Waals surface area contributed by atoms with E-state index in [1.54, 1.807) is 12.1 Å². The van der Waals surface area contributed by atoms with E-state index in [4.69, 9.17) is 5.73 Å². The summed E-state index contributed by atoms with van der Waals surface area (Å²) in [4.78, 5) is 21.0. The van der Waals surface area contributed by atoms with Gasteiger partial charge in [-0.2, -0.15) is 0 Å². The summed E-state index contributed by atoms with van der Waals surface area (Å²) in [5, 5.41) is 0. The second-order valence-corrected chi connectivity index (χ2v) is 5.51. The van der Waals surface area contributed by atoms with Crippen molar-refractivity contribution < 1.29 is 4.79 Å². The highest BCUT2D eigenvalue weighted by Gasteiger charge is 2.22. The zero-order chi connectivity index (χ0) is 15.4. The molecule has 2 heterocycles. The van der Waals surface area contributed by atoms with E-state index in [0.717, 1.165) is 38.4 Å². The molecule has 22 heavy (non-hydrogen) atoms. The first kappa shape index (κ1) is 14.5. The van der Waals surface area contributed by atoms with Crippen molar-refractivity contribution in [2.24, 2.45) is 0 Å². The number of nitrogen functional groups attached to an aromatic ring is 1. The van der Waals surface area contributed by atoms with Gasteiger partial charge >= 0.3 is 0 Å². The molecule has 1 aliphatic heterocycles. The van der Waals surface area contributed by atoms with Gasteiger partial charge in [0.15, 0.2) is 0 Å². The summed E-state index contributed by atoms with van der Waals surface area (Å²) in [7, 11) is 0. The third-order valence-electron chi connectivity index (χ3n) is 3.90. The van der Waals surface area contributed by atoms with Crippen molar-refractivity contribution in [3.05, 3.63) is 59.9 Å². The molecule has 1 amide bonds. The second kappa shape index (κ2) is 6.58. The molecule has 2 aromatic rings. The summed E-state index contributed by atoms with van der Waals surface area (Å²) < 4.78 is 0. The van der Waals surface area contributed by atoms with Crippen LogP contribution in [0.3, 0.4) is 0 Å². The number of benzene rings is 1. The number of aromatic nitrogens is 1. The number of pyridine rings is 1. The quantitative estimate of drug-likeness (QED) is 0.874. The Morgan fingerprint density at radius 3 is 2.59 bits per heavy atom. The predicted octanol–water partition coefficient (Wildman–Crippen LogP) is 1.62. The molecule has 0 spiro atoms. The maximum atomic E-state index is 12.5. The summed E-state index contributed by atoms with van der Waals surface area (Å²) in [5.41, 5.74) is 8.11. The summed E-state index contributed by atoms with van der Waals surface area (Å²) in [6.45, 7) is 4.04. The molecule has 0 saturated carbocycles. The molecule has 0 unspecified atom stereocenters. The van der Waals surface area contributed by atoms with Crippen LogP contribution in [0.5, 0.6) is 0 Å². The van der Waals surface area contributed by atoms with Crippen LogP contribution in [0.2, 0.25) is 0 Å². The smallest absolute Gasteiger partial charge is 0.254 e. The molecule has 0 radical (unpaired) electrons. The molecule has 1 fully saturated rings. The lowest BCUT2D eigenvalue weighted by Gasteiger charge is -2.34. The van der Waals surface area contributed by atoms with E-state index in [9.17, 15) is 4.79 Å². The Balaban J connectivity index is 1.56. The summed E-state index contributed by atoms with van der Waals surface area (Å²) in [6, 6.07) is 13.1. The first-order valence-corrected chi connectivity index (χ1v) is 7.49. The van der Waals surface area contributed by atoms with Crippen LogP contribution in [-0.4, -0.2) is 46.9 Å². The fraction of sp³-hybridized carbons (Fsp3) is 0.294. The third kappa shape index (κ3) is 3.43. The molecule has 1 saturated heterocycles. The fourth-order valence-corrected chi connectivity index (χ4v) is 2.68. The van der Waals surface area contributed by atoms with Crippen molar-refractivity contribution in [1.29, 1.82) is 0 Å². The van der Waals surface area contributed by atoms with Crippen LogP contribution in [0.1, 0.15) is 16.1 Å². The largest absolute Gasteiger partial charge is 0.399 e.